The van der Waals surface area contributed by atoms with Gasteiger partial charge >= 0.3 is 12.4 Å². The fourth-order valence-corrected chi connectivity index (χ4v) is 1.05. The Morgan fingerprint density at radius 2 is 1.31 bits per heavy atom. The van der Waals surface area contributed by atoms with Crippen molar-refractivity contribution in [2.24, 2.45) is 0 Å². The van der Waals surface area contributed by atoms with Crippen molar-refractivity contribution in [3.63, 3.8) is 0 Å². The SMILES string of the molecule is CC(C)(OC=O)C(O)(C(F)(F)F)C(F)(F)F. The van der Waals surface area contributed by atoms with E-state index in [9.17, 15) is 31.1 Å². The van der Waals surface area contributed by atoms with Gasteiger partial charge in [-0.3, -0.25) is 4.79 Å². The summed E-state index contributed by atoms with van der Waals surface area (Å²) in [5.41, 5.74) is -8.32. The highest BCUT2D eigenvalue weighted by atomic mass is 19.4. The number of carbonyl (C=O) groups excluding carboxylic acids is 1. The number of halogens is 6. The standard InChI is InChI=1S/C7H8F6O3/c1-4(2,16-3-14)5(15,6(8,9)10)7(11,12)13/h3,15H,1-2H3. The Hall–Kier alpha value is -0.990. The minimum Gasteiger partial charge on any atom is -0.458 e. The summed E-state index contributed by atoms with van der Waals surface area (Å²) >= 11 is 0. The topological polar surface area (TPSA) is 46.5 Å². The molecule has 0 rings (SSSR count). The number of ether oxygens (including phenoxy) is 1. The van der Waals surface area contributed by atoms with Crippen molar-refractivity contribution in [2.45, 2.75) is 37.4 Å². The van der Waals surface area contributed by atoms with E-state index in [0.29, 0.717) is 13.8 Å². The van der Waals surface area contributed by atoms with Gasteiger partial charge < -0.3 is 9.84 Å². The zero-order valence-corrected chi connectivity index (χ0v) is 8.11. The van der Waals surface area contributed by atoms with Crippen molar-refractivity contribution >= 4 is 6.47 Å². The molecule has 96 valence electrons. The second kappa shape index (κ2) is 3.79. The minimum atomic E-state index is -6.03. The van der Waals surface area contributed by atoms with E-state index in [2.05, 4.69) is 4.74 Å². The Morgan fingerprint density at radius 3 is 1.50 bits per heavy atom. The molecule has 0 aromatic heterocycles. The van der Waals surface area contributed by atoms with Crippen molar-refractivity contribution in [3.05, 3.63) is 0 Å². The van der Waals surface area contributed by atoms with Crippen LogP contribution in [0, 0.1) is 0 Å². The Morgan fingerprint density at radius 1 is 1.00 bits per heavy atom. The number of alkyl halides is 6. The van der Waals surface area contributed by atoms with E-state index < -0.39 is 30.0 Å². The average molecular weight is 254 g/mol. The third-order valence-corrected chi connectivity index (χ3v) is 2.03. The van der Waals surface area contributed by atoms with Crippen LogP contribution >= 0.6 is 0 Å². The van der Waals surface area contributed by atoms with Crippen LogP contribution in [0.25, 0.3) is 0 Å². The molecular formula is C7H8F6O3. The van der Waals surface area contributed by atoms with E-state index in [4.69, 9.17) is 5.11 Å². The summed E-state index contributed by atoms with van der Waals surface area (Å²) in [6.07, 6.45) is -12.1. The fraction of sp³-hybridized carbons (Fsp3) is 0.857. The maximum atomic E-state index is 12.3. The molecule has 0 spiro atoms. The highest BCUT2D eigenvalue weighted by molar-refractivity contribution is 5.39. The van der Waals surface area contributed by atoms with E-state index in [-0.39, 0.29) is 0 Å². The van der Waals surface area contributed by atoms with Crippen LogP contribution in [0.15, 0.2) is 0 Å². The zero-order chi connectivity index (χ0) is 13.4. The molecule has 0 unspecified atom stereocenters. The highest BCUT2D eigenvalue weighted by Crippen LogP contribution is 2.50. The first-order valence-electron chi connectivity index (χ1n) is 3.78. The van der Waals surface area contributed by atoms with Crippen molar-refractivity contribution < 1.29 is 41.0 Å². The molecule has 0 saturated heterocycles. The van der Waals surface area contributed by atoms with Gasteiger partial charge in [0.25, 0.3) is 12.1 Å². The van der Waals surface area contributed by atoms with E-state index >= 15 is 0 Å². The first kappa shape index (κ1) is 15.0. The molecule has 1 N–H and O–H groups in total. The van der Waals surface area contributed by atoms with E-state index in [0.717, 1.165) is 0 Å². The third kappa shape index (κ3) is 2.08. The van der Waals surface area contributed by atoms with Crippen LogP contribution in [0.1, 0.15) is 13.8 Å². The lowest BCUT2D eigenvalue weighted by molar-refractivity contribution is -0.406. The minimum absolute atomic E-state index is 0.308. The maximum absolute atomic E-state index is 12.3. The number of aliphatic hydroxyl groups is 1. The van der Waals surface area contributed by atoms with Gasteiger partial charge in [0.15, 0.2) is 5.60 Å². The zero-order valence-electron chi connectivity index (χ0n) is 8.11. The predicted molar refractivity (Wildman–Crippen MR) is 38.3 cm³/mol. The van der Waals surface area contributed by atoms with Crippen LogP contribution < -0.4 is 0 Å². The van der Waals surface area contributed by atoms with Crippen molar-refractivity contribution in [3.8, 4) is 0 Å². The molecule has 0 heterocycles. The molecule has 0 amide bonds. The van der Waals surface area contributed by atoms with E-state index in [1.165, 1.54) is 0 Å². The van der Waals surface area contributed by atoms with Crippen LogP contribution in [0.2, 0.25) is 0 Å². The molecule has 0 aromatic rings. The van der Waals surface area contributed by atoms with E-state index in [1.807, 2.05) is 0 Å². The normalized spacial score (nSPS) is 14.8. The quantitative estimate of drug-likeness (QED) is 0.617. The van der Waals surface area contributed by atoms with Crippen molar-refractivity contribution in [1.82, 2.24) is 0 Å². The summed E-state index contributed by atoms with van der Waals surface area (Å²) in [6.45, 7) is 0.0210. The molecule has 16 heavy (non-hydrogen) atoms. The van der Waals surface area contributed by atoms with Gasteiger partial charge in [-0.05, 0) is 13.8 Å². The molecule has 0 aromatic carbocycles. The molecule has 3 nitrogen and oxygen atoms in total. The average Bonchev–Trinajstić information content (AvgIpc) is 1.98. The van der Waals surface area contributed by atoms with Gasteiger partial charge in [-0.2, -0.15) is 26.3 Å². The Balaban J connectivity index is 5.70. The van der Waals surface area contributed by atoms with Crippen LogP contribution in [0.5, 0.6) is 0 Å². The van der Waals surface area contributed by atoms with Gasteiger partial charge in [-0.25, -0.2) is 0 Å². The lowest BCUT2D eigenvalue weighted by atomic mass is 9.84. The first-order valence-corrected chi connectivity index (χ1v) is 3.78. The molecule has 0 radical (unpaired) electrons. The lowest BCUT2D eigenvalue weighted by Gasteiger charge is -2.42. The Bertz CT molecular complexity index is 252. The second-order valence-electron chi connectivity index (χ2n) is 3.43. The number of carbonyl (C=O) groups is 1. The Kier molecular flexibility index (Phi) is 3.56. The lowest BCUT2D eigenvalue weighted by Crippen LogP contribution is -2.69. The van der Waals surface area contributed by atoms with Crippen LogP contribution in [-0.4, -0.2) is 35.1 Å². The molecule has 0 bridgehead atoms. The number of hydrogen-bond acceptors (Lipinski definition) is 3. The number of rotatable bonds is 3. The summed E-state index contributed by atoms with van der Waals surface area (Å²) in [7, 11) is 0. The summed E-state index contributed by atoms with van der Waals surface area (Å²) in [5, 5.41) is 8.81. The summed E-state index contributed by atoms with van der Waals surface area (Å²) in [4.78, 5) is 9.85. The predicted octanol–water partition coefficient (Wildman–Crippen LogP) is 1.79. The molecule has 0 aliphatic heterocycles. The second-order valence-corrected chi connectivity index (χ2v) is 3.43. The monoisotopic (exact) mass is 254 g/mol. The van der Waals surface area contributed by atoms with Crippen molar-refractivity contribution in [1.29, 1.82) is 0 Å². The largest absolute Gasteiger partial charge is 0.458 e. The summed E-state index contributed by atoms with van der Waals surface area (Å²) < 4.78 is 77.2. The van der Waals surface area contributed by atoms with Gasteiger partial charge in [0.1, 0.15) is 0 Å². The first-order chi connectivity index (χ1) is 6.81. The molecule has 0 fully saturated rings. The molecule has 0 atom stereocenters. The highest BCUT2D eigenvalue weighted by Gasteiger charge is 2.78. The molecule has 0 aliphatic rings. The molecule has 9 heteroatoms. The van der Waals surface area contributed by atoms with Crippen LogP contribution in [-0.2, 0) is 9.53 Å². The fourth-order valence-electron chi connectivity index (χ4n) is 1.05. The number of hydrogen-bond donors (Lipinski definition) is 1. The van der Waals surface area contributed by atoms with E-state index in [1.54, 1.807) is 0 Å². The van der Waals surface area contributed by atoms with Gasteiger partial charge in [0.05, 0.1) is 0 Å². The van der Waals surface area contributed by atoms with Gasteiger partial charge in [0.2, 0.25) is 0 Å². The summed E-state index contributed by atoms with van der Waals surface area (Å²) in [5.74, 6) is 0. The van der Waals surface area contributed by atoms with Gasteiger partial charge in [-0.15, -0.1) is 0 Å². The molecule has 0 saturated carbocycles. The smallest absolute Gasteiger partial charge is 0.430 e. The van der Waals surface area contributed by atoms with Crippen molar-refractivity contribution in [2.75, 3.05) is 0 Å². The van der Waals surface area contributed by atoms with Gasteiger partial charge in [0, 0.05) is 0 Å². The summed E-state index contributed by atoms with van der Waals surface area (Å²) in [6, 6.07) is 0. The van der Waals surface area contributed by atoms with Crippen LogP contribution in [0.4, 0.5) is 26.3 Å². The van der Waals surface area contributed by atoms with Crippen LogP contribution in [0.3, 0.4) is 0 Å². The van der Waals surface area contributed by atoms with Gasteiger partial charge in [-0.1, -0.05) is 0 Å². The maximum Gasteiger partial charge on any atom is 0.430 e. The Labute approximate surface area is 86.0 Å². The third-order valence-electron chi connectivity index (χ3n) is 2.03. The molecule has 0 aliphatic carbocycles. The molecular weight excluding hydrogens is 246 g/mol.